The zero-order valence-electron chi connectivity index (χ0n) is 10.5. The highest BCUT2D eigenvalue weighted by atomic mass is 16.5. The third-order valence-corrected chi connectivity index (χ3v) is 3.98. The molecule has 2 aliphatic rings. The Morgan fingerprint density at radius 2 is 2.17 bits per heavy atom. The molecule has 94 valence electrons. The van der Waals surface area contributed by atoms with Gasteiger partial charge in [-0.2, -0.15) is 5.26 Å². The summed E-state index contributed by atoms with van der Waals surface area (Å²) in [6.07, 6.45) is 3.92. The molecular weight excluding hydrogens is 224 g/mol. The molecule has 0 amide bonds. The molecule has 2 atom stereocenters. The molecule has 0 aromatic heterocycles. The summed E-state index contributed by atoms with van der Waals surface area (Å²) in [5.41, 5.74) is 0.680. The Balaban J connectivity index is 1.37. The summed E-state index contributed by atoms with van der Waals surface area (Å²) < 4.78 is 5.68. The van der Waals surface area contributed by atoms with Gasteiger partial charge in [0.1, 0.15) is 5.75 Å². The summed E-state index contributed by atoms with van der Waals surface area (Å²) in [6.45, 7) is 3.21. The van der Waals surface area contributed by atoms with Crippen LogP contribution < -0.4 is 4.74 Å². The Kier molecular flexibility index (Phi) is 3.21. The van der Waals surface area contributed by atoms with E-state index in [1.54, 1.807) is 12.1 Å². The predicted octanol–water partition coefficient (Wildman–Crippen LogP) is 2.42. The Labute approximate surface area is 108 Å². The average Bonchev–Trinajstić information content (AvgIpc) is 3.10. The minimum Gasteiger partial charge on any atom is -0.494 e. The molecule has 0 unspecified atom stereocenters. The highest BCUT2D eigenvalue weighted by molar-refractivity contribution is 5.34. The van der Waals surface area contributed by atoms with Crippen LogP contribution in [0.15, 0.2) is 24.3 Å². The second-order valence-corrected chi connectivity index (χ2v) is 5.23. The summed E-state index contributed by atoms with van der Waals surface area (Å²) >= 11 is 0. The highest BCUT2D eigenvalue weighted by Crippen LogP contribution is 2.44. The van der Waals surface area contributed by atoms with Crippen LogP contribution in [0.5, 0.6) is 5.75 Å². The van der Waals surface area contributed by atoms with Crippen LogP contribution in [0.3, 0.4) is 0 Å². The number of ether oxygens (including phenoxy) is 1. The number of benzene rings is 1. The molecule has 1 heterocycles. The van der Waals surface area contributed by atoms with Crippen LogP contribution in [0.4, 0.5) is 0 Å². The van der Waals surface area contributed by atoms with E-state index >= 15 is 0 Å². The third kappa shape index (κ3) is 2.49. The zero-order chi connectivity index (χ0) is 12.4. The van der Waals surface area contributed by atoms with Crippen molar-refractivity contribution in [3.8, 4) is 11.8 Å². The van der Waals surface area contributed by atoms with Crippen molar-refractivity contribution in [3.63, 3.8) is 0 Å². The topological polar surface area (TPSA) is 36.3 Å². The molecule has 0 radical (unpaired) electrons. The maximum absolute atomic E-state index is 8.70. The van der Waals surface area contributed by atoms with Crippen LogP contribution in [0.1, 0.15) is 24.8 Å². The first kappa shape index (κ1) is 11.6. The number of fused-ring (bicyclic) bond motifs is 1. The minimum absolute atomic E-state index is 0.680. The lowest BCUT2D eigenvalue weighted by molar-refractivity contribution is 0.247. The SMILES string of the molecule is N#Cc1ccc(OCCCN2CC[C@H]3C[C@H]32)cc1. The Morgan fingerprint density at radius 3 is 2.78 bits per heavy atom. The van der Waals surface area contributed by atoms with E-state index in [4.69, 9.17) is 10.00 Å². The second-order valence-electron chi connectivity index (χ2n) is 5.23. The van der Waals surface area contributed by atoms with Gasteiger partial charge in [-0.05, 0) is 56.0 Å². The molecule has 1 aliphatic heterocycles. The van der Waals surface area contributed by atoms with E-state index in [9.17, 15) is 0 Å². The van der Waals surface area contributed by atoms with E-state index in [1.165, 1.54) is 19.4 Å². The molecule has 1 aliphatic carbocycles. The Hall–Kier alpha value is -1.53. The maximum atomic E-state index is 8.70. The van der Waals surface area contributed by atoms with Gasteiger partial charge < -0.3 is 4.74 Å². The summed E-state index contributed by atoms with van der Waals surface area (Å²) in [5, 5.41) is 8.70. The molecule has 18 heavy (non-hydrogen) atoms. The summed E-state index contributed by atoms with van der Waals surface area (Å²) in [5.74, 6) is 1.88. The second kappa shape index (κ2) is 4.99. The molecule has 0 bridgehead atoms. The first-order valence-corrected chi connectivity index (χ1v) is 6.74. The van der Waals surface area contributed by atoms with E-state index in [-0.39, 0.29) is 0 Å². The van der Waals surface area contributed by atoms with Crippen molar-refractivity contribution in [2.75, 3.05) is 19.7 Å². The molecule has 1 aromatic carbocycles. The molecule has 3 nitrogen and oxygen atoms in total. The quantitative estimate of drug-likeness (QED) is 0.744. The van der Waals surface area contributed by atoms with Gasteiger partial charge in [0.2, 0.25) is 0 Å². The fourth-order valence-electron chi connectivity index (χ4n) is 2.85. The van der Waals surface area contributed by atoms with Crippen molar-refractivity contribution in [3.05, 3.63) is 29.8 Å². The average molecular weight is 242 g/mol. The normalized spacial score (nSPS) is 25.5. The molecular formula is C15H18N2O. The van der Waals surface area contributed by atoms with E-state index in [2.05, 4.69) is 11.0 Å². The molecule has 1 saturated heterocycles. The summed E-state index contributed by atoms with van der Waals surface area (Å²) in [4.78, 5) is 2.60. The van der Waals surface area contributed by atoms with Crippen LogP contribution in [-0.4, -0.2) is 30.6 Å². The fourth-order valence-corrected chi connectivity index (χ4v) is 2.85. The highest BCUT2D eigenvalue weighted by Gasteiger charge is 2.46. The van der Waals surface area contributed by atoms with Crippen LogP contribution >= 0.6 is 0 Å². The zero-order valence-corrected chi connectivity index (χ0v) is 10.5. The lowest BCUT2D eigenvalue weighted by atomic mass is 10.2. The Bertz CT molecular complexity index is 449. The van der Waals surface area contributed by atoms with Gasteiger partial charge in [-0.15, -0.1) is 0 Å². The van der Waals surface area contributed by atoms with Gasteiger partial charge in [-0.25, -0.2) is 0 Å². The van der Waals surface area contributed by atoms with Gasteiger partial charge in [0.25, 0.3) is 0 Å². The van der Waals surface area contributed by atoms with Gasteiger partial charge in [0, 0.05) is 12.6 Å². The number of hydrogen-bond donors (Lipinski definition) is 0. The van der Waals surface area contributed by atoms with Crippen molar-refractivity contribution in [2.24, 2.45) is 5.92 Å². The van der Waals surface area contributed by atoms with Crippen LogP contribution in [0.25, 0.3) is 0 Å². The Morgan fingerprint density at radius 1 is 1.33 bits per heavy atom. The smallest absolute Gasteiger partial charge is 0.119 e. The van der Waals surface area contributed by atoms with E-state index in [0.717, 1.165) is 37.3 Å². The van der Waals surface area contributed by atoms with Gasteiger partial charge >= 0.3 is 0 Å². The minimum atomic E-state index is 0.680. The van der Waals surface area contributed by atoms with Crippen molar-refractivity contribution >= 4 is 0 Å². The number of hydrogen-bond acceptors (Lipinski definition) is 3. The number of likely N-dealkylation sites (tertiary alicyclic amines) is 1. The van der Waals surface area contributed by atoms with Crippen LogP contribution in [0, 0.1) is 17.2 Å². The van der Waals surface area contributed by atoms with Crippen molar-refractivity contribution in [2.45, 2.75) is 25.3 Å². The first-order valence-electron chi connectivity index (χ1n) is 6.74. The van der Waals surface area contributed by atoms with Gasteiger partial charge in [-0.1, -0.05) is 0 Å². The van der Waals surface area contributed by atoms with Gasteiger partial charge in [-0.3, -0.25) is 4.90 Å². The van der Waals surface area contributed by atoms with E-state index < -0.39 is 0 Å². The van der Waals surface area contributed by atoms with Crippen molar-refractivity contribution < 1.29 is 4.74 Å². The lowest BCUT2D eigenvalue weighted by Crippen LogP contribution is -2.25. The molecule has 2 fully saturated rings. The van der Waals surface area contributed by atoms with Gasteiger partial charge in [0.15, 0.2) is 0 Å². The van der Waals surface area contributed by atoms with Crippen LogP contribution in [-0.2, 0) is 0 Å². The largest absolute Gasteiger partial charge is 0.494 e. The number of nitriles is 1. The summed E-state index contributed by atoms with van der Waals surface area (Å²) in [6, 6.07) is 10.3. The predicted molar refractivity (Wildman–Crippen MR) is 69.4 cm³/mol. The van der Waals surface area contributed by atoms with Crippen molar-refractivity contribution in [1.82, 2.24) is 4.90 Å². The maximum Gasteiger partial charge on any atom is 0.119 e. The molecule has 3 rings (SSSR count). The third-order valence-electron chi connectivity index (χ3n) is 3.98. The molecule has 1 aromatic rings. The number of rotatable bonds is 5. The van der Waals surface area contributed by atoms with Crippen molar-refractivity contribution in [1.29, 1.82) is 5.26 Å². The van der Waals surface area contributed by atoms with Gasteiger partial charge in [0.05, 0.1) is 18.2 Å². The summed E-state index contributed by atoms with van der Waals surface area (Å²) in [7, 11) is 0. The molecule has 0 spiro atoms. The van der Waals surface area contributed by atoms with E-state index in [0.29, 0.717) is 5.56 Å². The lowest BCUT2D eigenvalue weighted by Gasteiger charge is -2.17. The standard InChI is InChI=1S/C15H18N2O/c16-11-12-2-4-14(5-3-12)18-9-1-7-17-8-6-13-10-15(13)17/h2-5,13,15H,1,6-10H2/t13-,15+/m0/s1. The number of nitrogens with zero attached hydrogens (tertiary/aromatic N) is 2. The first-order chi connectivity index (χ1) is 8.86. The van der Waals surface area contributed by atoms with Crippen LogP contribution in [0.2, 0.25) is 0 Å². The van der Waals surface area contributed by atoms with E-state index in [1.807, 2.05) is 12.1 Å². The number of piperidine rings is 1. The fraction of sp³-hybridized carbons (Fsp3) is 0.533. The monoisotopic (exact) mass is 242 g/mol. The molecule has 1 saturated carbocycles. The molecule has 0 N–H and O–H groups in total. The molecule has 3 heteroatoms.